The van der Waals surface area contributed by atoms with Gasteiger partial charge in [-0.15, -0.1) is 0 Å². The number of carboxylic acids is 1. The van der Waals surface area contributed by atoms with Crippen LogP contribution in [0.15, 0.2) is 45.6 Å². The Morgan fingerprint density at radius 3 is 2.35 bits per heavy atom. The molecule has 4 heteroatoms. The summed E-state index contributed by atoms with van der Waals surface area (Å²) in [6.07, 6.45) is 0. The Balaban J connectivity index is 2.63. The molecule has 0 saturated carbocycles. The van der Waals surface area contributed by atoms with Gasteiger partial charge in [0.25, 0.3) is 0 Å². The third-order valence-corrected chi connectivity index (χ3v) is 4.23. The lowest BCUT2D eigenvalue weighted by molar-refractivity contribution is 0.0693. The Labute approximate surface area is 133 Å². The number of fused-ring (bicyclic) bond motifs is 1. The van der Waals surface area contributed by atoms with E-state index in [2.05, 4.69) is 0 Å². The van der Waals surface area contributed by atoms with Crippen molar-refractivity contribution in [2.75, 3.05) is 0 Å². The van der Waals surface area contributed by atoms with Gasteiger partial charge in [0, 0.05) is 10.9 Å². The Kier molecular flexibility index (Phi) is 3.52. The second-order valence-corrected chi connectivity index (χ2v) is 5.64. The van der Waals surface area contributed by atoms with E-state index < -0.39 is 11.6 Å². The van der Waals surface area contributed by atoms with Gasteiger partial charge >= 0.3 is 11.6 Å². The molecule has 1 N–H and O–H groups in total. The van der Waals surface area contributed by atoms with Crippen molar-refractivity contribution in [1.29, 1.82) is 0 Å². The first-order valence-electron chi connectivity index (χ1n) is 7.28. The molecule has 1 heterocycles. The quantitative estimate of drug-likeness (QED) is 0.724. The molecule has 0 aliphatic rings. The largest absolute Gasteiger partial charge is 0.477 e. The van der Waals surface area contributed by atoms with Gasteiger partial charge in [0.2, 0.25) is 0 Å². The van der Waals surface area contributed by atoms with E-state index in [1.165, 1.54) is 0 Å². The minimum atomic E-state index is -1.28. The molecule has 0 bridgehead atoms. The van der Waals surface area contributed by atoms with Crippen molar-refractivity contribution in [2.24, 2.45) is 0 Å². The maximum absolute atomic E-state index is 12.2. The summed E-state index contributed by atoms with van der Waals surface area (Å²) in [4.78, 5) is 23.9. The van der Waals surface area contributed by atoms with E-state index in [9.17, 15) is 14.7 Å². The van der Waals surface area contributed by atoms with Crippen LogP contribution in [0.25, 0.3) is 22.1 Å². The van der Waals surface area contributed by atoms with Crippen LogP contribution in [0.1, 0.15) is 27.0 Å². The summed E-state index contributed by atoms with van der Waals surface area (Å²) >= 11 is 0. The van der Waals surface area contributed by atoms with Gasteiger partial charge < -0.3 is 9.52 Å². The number of hydrogen-bond donors (Lipinski definition) is 1. The van der Waals surface area contributed by atoms with Crippen molar-refractivity contribution in [3.63, 3.8) is 0 Å². The molecule has 0 amide bonds. The van der Waals surface area contributed by atoms with Crippen LogP contribution in [0.5, 0.6) is 0 Å². The van der Waals surface area contributed by atoms with Gasteiger partial charge in [0.05, 0.1) is 0 Å². The average Bonchev–Trinajstić information content (AvgIpc) is 2.50. The van der Waals surface area contributed by atoms with E-state index >= 15 is 0 Å². The summed E-state index contributed by atoms with van der Waals surface area (Å²) in [6.45, 7) is 5.75. The van der Waals surface area contributed by atoms with Crippen molar-refractivity contribution >= 4 is 16.9 Å². The first-order valence-corrected chi connectivity index (χ1v) is 7.28. The van der Waals surface area contributed by atoms with E-state index in [1.54, 1.807) is 6.07 Å². The highest BCUT2D eigenvalue weighted by Crippen LogP contribution is 2.35. The fourth-order valence-corrected chi connectivity index (χ4v) is 2.88. The first kappa shape index (κ1) is 15.0. The van der Waals surface area contributed by atoms with Gasteiger partial charge in [0.15, 0.2) is 5.56 Å². The van der Waals surface area contributed by atoms with Crippen LogP contribution in [0, 0.1) is 20.8 Å². The molecule has 1 aromatic heterocycles. The van der Waals surface area contributed by atoms with E-state index in [-0.39, 0.29) is 5.56 Å². The monoisotopic (exact) mass is 308 g/mol. The number of carbonyl (C=O) groups is 1. The lowest BCUT2D eigenvalue weighted by Crippen LogP contribution is -2.16. The number of aromatic carboxylic acids is 1. The summed E-state index contributed by atoms with van der Waals surface area (Å²) in [5.41, 5.74) is 3.25. The molecule has 3 rings (SSSR count). The molecule has 0 fully saturated rings. The predicted octanol–water partition coefficient (Wildman–Crippen LogP) is 4.08. The average molecular weight is 308 g/mol. The van der Waals surface area contributed by atoms with Crippen LogP contribution in [0.3, 0.4) is 0 Å². The topological polar surface area (TPSA) is 67.5 Å². The highest BCUT2D eigenvalue weighted by molar-refractivity contribution is 6.07. The third-order valence-electron chi connectivity index (χ3n) is 4.23. The predicted molar refractivity (Wildman–Crippen MR) is 89.1 cm³/mol. The lowest BCUT2D eigenvalue weighted by Gasteiger charge is -2.14. The number of benzene rings is 2. The number of aryl methyl sites for hydroxylation is 3. The van der Waals surface area contributed by atoms with Gasteiger partial charge in [-0.25, -0.2) is 9.59 Å². The molecular formula is C19H16O4. The van der Waals surface area contributed by atoms with Crippen LogP contribution < -0.4 is 5.63 Å². The fraction of sp³-hybridized carbons (Fsp3) is 0.158. The highest BCUT2D eigenvalue weighted by Gasteiger charge is 2.24. The normalized spacial score (nSPS) is 10.9. The minimum absolute atomic E-state index is 0.319. The van der Waals surface area contributed by atoms with Crippen molar-refractivity contribution < 1.29 is 14.3 Å². The standard InChI is InChI=1S/C19H16O4/c1-10-8-9-14-15(12(10)3)16(13-7-5-4-6-11(13)2)17(18(20)21)19(22)23-14/h4-9H,1-3H3,(H,20,21). The van der Waals surface area contributed by atoms with E-state index in [0.29, 0.717) is 16.5 Å². The van der Waals surface area contributed by atoms with Gasteiger partial charge in [-0.05, 0) is 49.1 Å². The maximum atomic E-state index is 12.2. The molecule has 0 radical (unpaired) electrons. The maximum Gasteiger partial charge on any atom is 0.351 e. The summed E-state index contributed by atoms with van der Waals surface area (Å²) in [5.74, 6) is -1.28. The van der Waals surface area contributed by atoms with Crippen LogP contribution in [0.4, 0.5) is 0 Å². The first-order chi connectivity index (χ1) is 10.9. The van der Waals surface area contributed by atoms with Gasteiger partial charge in [0.1, 0.15) is 5.58 Å². The molecule has 0 unspecified atom stereocenters. The Hall–Kier alpha value is -2.88. The third kappa shape index (κ3) is 2.32. The molecule has 0 aliphatic heterocycles. The van der Waals surface area contributed by atoms with Crippen molar-refractivity contribution in [1.82, 2.24) is 0 Å². The van der Waals surface area contributed by atoms with Crippen molar-refractivity contribution in [2.45, 2.75) is 20.8 Å². The molecule has 0 saturated heterocycles. The fourth-order valence-electron chi connectivity index (χ4n) is 2.88. The minimum Gasteiger partial charge on any atom is -0.477 e. The van der Waals surface area contributed by atoms with Gasteiger partial charge in [-0.3, -0.25) is 0 Å². The van der Waals surface area contributed by atoms with Crippen LogP contribution in [-0.4, -0.2) is 11.1 Å². The molecule has 2 aromatic carbocycles. The highest BCUT2D eigenvalue weighted by atomic mass is 16.4. The Morgan fingerprint density at radius 2 is 1.70 bits per heavy atom. The molecule has 0 aliphatic carbocycles. The Morgan fingerprint density at radius 1 is 1.00 bits per heavy atom. The zero-order chi connectivity index (χ0) is 16.7. The van der Waals surface area contributed by atoms with Crippen LogP contribution in [0.2, 0.25) is 0 Å². The zero-order valence-corrected chi connectivity index (χ0v) is 13.1. The number of carboxylic acid groups (broad SMARTS) is 1. The Bertz CT molecular complexity index is 996. The molecule has 3 aromatic rings. The SMILES string of the molecule is Cc1ccccc1-c1c(C(=O)O)c(=O)oc2ccc(C)c(C)c12. The molecule has 0 spiro atoms. The molecule has 4 nitrogen and oxygen atoms in total. The second-order valence-electron chi connectivity index (χ2n) is 5.64. The summed E-state index contributed by atoms with van der Waals surface area (Å²) in [5, 5.41) is 10.2. The van der Waals surface area contributed by atoms with Crippen LogP contribution >= 0.6 is 0 Å². The van der Waals surface area contributed by atoms with Crippen LogP contribution in [-0.2, 0) is 0 Å². The van der Waals surface area contributed by atoms with E-state index in [0.717, 1.165) is 22.3 Å². The lowest BCUT2D eigenvalue weighted by atomic mass is 9.90. The van der Waals surface area contributed by atoms with Crippen molar-refractivity contribution in [3.05, 3.63) is 69.1 Å². The summed E-state index contributed by atoms with van der Waals surface area (Å²) in [7, 11) is 0. The number of rotatable bonds is 2. The van der Waals surface area contributed by atoms with Gasteiger partial charge in [-0.2, -0.15) is 0 Å². The molecule has 0 atom stereocenters. The molecular weight excluding hydrogens is 292 g/mol. The molecule has 23 heavy (non-hydrogen) atoms. The number of hydrogen-bond acceptors (Lipinski definition) is 3. The van der Waals surface area contributed by atoms with E-state index in [4.69, 9.17) is 4.42 Å². The summed E-state index contributed by atoms with van der Waals surface area (Å²) in [6, 6.07) is 11.0. The molecule has 116 valence electrons. The second kappa shape index (κ2) is 5.39. The van der Waals surface area contributed by atoms with E-state index in [1.807, 2.05) is 51.1 Å². The van der Waals surface area contributed by atoms with Gasteiger partial charge in [-0.1, -0.05) is 30.3 Å². The van der Waals surface area contributed by atoms with Crippen molar-refractivity contribution in [3.8, 4) is 11.1 Å². The smallest absolute Gasteiger partial charge is 0.351 e. The summed E-state index contributed by atoms with van der Waals surface area (Å²) < 4.78 is 5.26. The zero-order valence-electron chi connectivity index (χ0n) is 13.1.